The lowest BCUT2D eigenvalue weighted by atomic mass is 10.1. The number of nitrogens with one attached hydrogen (secondary N) is 1. The fourth-order valence-electron chi connectivity index (χ4n) is 5.30. The van der Waals surface area contributed by atoms with E-state index in [-0.39, 0.29) is 34.8 Å². The number of sulfonamides is 1. The van der Waals surface area contributed by atoms with Gasteiger partial charge in [0.05, 0.1) is 22.6 Å². The molecule has 0 unspecified atom stereocenters. The van der Waals surface area contributed by atoms with Crippen molar-refractivity contribution in [1.29, 1.82) is 0 Å². The van der Waals surface area contributed by atoms with Crippen molar-refractivity contribution >= 4 is 33.2 Å². The van der Waals surface area contributed by atoms with Crippen LogP contribution in [0.1, 0.15) is 49.3 Å². The third kappa shape index (κ3) is 7.36. The number of methoxy groups -OCH3 is 1. The smallest absolute Gasteiger partial charge is 0.273 e. The number of hydrogen-bond acceptors (Lipinski definition) is 7. The molecule has 0 aliphatic heterocycles. The van der Waals surface area contributed by atoms with Crippen LogP contribution in [0.3, 0.4) is 0 Å². The molecule has 0 saturated heterocycles. The monoisotopic (exact) mass is 622 g/mol. The molecule has 0 aromatic heterocycles. The largest absolute Gasteiger partial charge is 0.497 e. The quantitative estimate of drug-likeness (QED) is 0.224. The summed E-state index contributed by atoms with van der Waals surface area (Å²) in [6.07, 6.45) is 3.79. The standard InChI is InChI=1S/C32H38N4O7S/c1-22-9-5-6-10-25(22)20-34(24(3)32(38)33-26-11-7-8-12-26)31(37)21-35(27-14-16-28(43-4)17-15-27)44(41,42)29-18-13-23(2)30(19-29)36(39)40/h5-6,9-10,13-19,24,26H,7-8,11-12,20-21H2,1-4H3,(H,33,38)/t24-/m1/s1. The van der Waals surface area contributed by atoms with Crippen molar-refractivity contribution < 1.29 is 27.7 Å². The van der Waals surface area contributed by atoms with Crippen molar-refractivity contribution in [3.05, 3.63) is 93.5 Å². The third-order valence-corrected chi connectivity index (χ3v) is 9.85. The molecule has 0 heterocycles. The average molecular weight is 623 g/mol. The predicted molar refractivity (Wildman–Crippen MR) is 167 cm³/mol. The van der Waals surface area contributed by atoms with E-state index in [1.807, 2.05) is 31.2 Å². The minimum atomic E-state index is -4.48. The molecule has 1 saturated carbocycles. The summed E-state index contributed by atoms with van der Waals surface area (Å²) in [5.74, 6) is -0.447. The first-order valence-corrected chi connectivity index (χ1v) is 15.9. The van der Waals surface area contributed by atoms with Gasteiger partial charge in [0.15, 0.2) is 0 Å². The zero-order valence-electron chi connectivity index (χ0n) is 25.4. The molecule has 1 atom stereocenters. The Morgan fingerprint density at radius 3 is 2.30 bits per heavy atom. The zero-order valence-corrected chi connectivity index (χ0v) is 26.2. The molecule has 0 spiro atoms. The number of carbonyl (C=O) groups excluding carboxylic acids is 2. The van der Waals surface area contributed by atoms with Crippen molar-refractivity contribution in [2.45, 2.75) is 70.0 Å². The molecule has 3 aromatic rings. The van der Waals surface area contributed by atoms with Crippen LogP contribution in [-0.4, -0.2) is 55.8 Å². The molecule has 234 valence electrons. The second kappa shape index (κ2) is 13.9. The van der Waals surface area contributed by atoms with Crippen LogP contribution in [0.5, 0.6) is 5.75 Å². The van der Waals surface area contributed by atoms with Crippen molar-refractivity contribution in [3.8, 4) is 5.75 Å². The number of nitro groups is 1. The van der Waals surface area contributed by atoms with E-state index in [0.29, 0.717) is 11.3 Å². The Morgan fingerprint density at radius 2 is 1.68 bits per heavy atom. The molecule has 0 bridgehead atoms. The minimum Gasteiger partial charge on any atom is -0.497 e. The first kappa shape index (κ1) is 32.5. The van der Waals surface area contributed by atoms with E-state index in [0.717, 1.165) is 47.2 Å². The van der Waals surface area contributed by atoms with Crippen LogP contribution < -0.4 is 14.4 Å². The summed E-state index contributed by atoms with van der Waals surface area (Å²) in [6, 6.07) is 16.4. The normalized spacial score (nSPS) is 14.1. The Balaban J connectivity index is 1.74. The van der Waals surface area contributed by atoms with E-state index < -0.39 is 33.4 Å². The minimum absolute atomic E-state index is 0.0360. The second-order valence-electron chi connectivity index (χ2n) is 11.0. The summed E-state index contributed by atoms with van der Waals surface area (Å²) < 4.78 is 34.3. The van der Waals surface area contributed by atoms with Crippen LogP contribution in [-0.2, 0) is 26.2 Å². The van der Waals surface area contributed by atoms with Gasteiger partial charge in [0.25, 0.3) is 15.7 Å². The summed E-state index contributed by atoms with van der Waals surface area (Å²) in [5, 5.41) is 14.7. The highest BCUT2D eigenvalue weighted by Crippen LogP contribution is 2.30. The molecule has 0 radical (unpaired) electrons. The molecule has 1 aliphatic rings. The fraction of sp³-hybridized carbons (Fsp3) is 0.375. The van der Waals surface area contributed by atoms with E-state index >= 15 is 0 Å². The first-order valence-electron chi connectivity index (χ1n) is 14.5. The Morgan fingerprint density at radius 1 is 1.02 bits per heavy atom. The van der Waals surface area contributed by atoms with Crippen molar-refractivity contribution in [2.75, 3.05) is 18.0 Å². The second-order valence-corrected chi connectivity index (χ2v) is 12.9. The lowest BCUT2D eigenvalue weighted by Crippen LogP contribution is -2.52. The first-order chi connectivity index (χ1) is 20.9. The number of aryl methyl sites for hydroxylation is 2. The number of anilines is 1. The molecular formula is C32H38N4O7S. The zero-order chi connectivity index (χ0) is 32.0. The summed E-state index contributed by atoms with van der Waals surface area (Å²) in [7, 11) is -3.01. The molecule has 3 aromatic carbocycles. The number of benzene rings is 3. The highest BCUT2D eigenvalue weighted by molar-refractivity contribution is 7.92. The molecule has 11 nitrogen and oxygen atoms in total. The highest BCUT2D eigenvalue weighted by Gasteiger charge is 2.34. The van der Waals surface area contributed by atoms with E-state index in [1.165, 1.54) is 43.2 Å². The topological polar surface area (TPSA) is 139 Å². The summed E-state index contributed by atoms with van der Waals surface area (Å²) in [4.78, 5) is 39.6. The maximum Gasteiger partial charge on any atom is 0.273 e. The highest BCUT2D eigenvalue weighted by atomic mass is 32.2. The summed E-state index contributed by atoms with van der Waals surface area (Å²) >= 11 is 0. The Hall–Kier alpha value is -4.45. The van der Waals surface area contributed by atoms with Gasteiger partial charge in [-0.15, -0.1) is 0 Å². The molecule has 1 N–H and O–H groups in total. The van der Waals surface area contributed by atoms with Crippen LogP contribution in [0.2, 0.25) is 0 Å². The Labute approximate surface area is 258 Å². The number of amides is 2. The van der Waals surface area contributed by atoms with Gasteiger partial charge in [-0.05, 0) is 75.1 Å². The van der Waals surface area contributed by atoms with E-state index in [2.05, 4.69) is 5.32 Å². The van der Waals surface area contributed by atoms with Crippen LogP contribution in [0.15, 0.2) is 71.6 Å². The number of rotatable bonds is 12. The van der Waals surface area contributed by atoms with E-state index in [4.69, 9.17) is 4.74 Å². The molecule has 1 fully saturated rings. The lowest BCUT2D eigenvalue weighted by Gasteiger charge is -2.33. The molecule has 12 heteroatoms. The van der Waals surface area contributed by atoms with E-state index in [1.54, 1.807) is 19.1 Å². The summed E-state index contributed by atoms with van der Waals surface area (Å²) in [5.41, 5.74) is 1.83. The van der Waals surface area contributed by atoms with Gasteiger partial charge in [-0.1, -0.05) is 43.2 Å². The summed E-state index contributed by atoms with van der Waals surface area (Å²) in [6.45, 7) is 4.48. The van der Waals surface area contributed by atoms with Crippen LogP contribution in [0.4, 0.5) is 11.4 Å². The number of carbonyl (C=O) groups is 2. The predicted octanol–water partition coefficient (Wildman–Crippen LogP) is 4.89. The van der Waals surface area contributed by atoms with Gasteiger partial charge < -0.3 is 15.0 Å². The SMILES string of the molecule is COc1ccc(N(CC(=O)N(Cc2ccccc2C)[C@H](C)C(=O)NC2CCCC2)S(=O)(=O)c2ccc(C)c([N+](=O)[O-])c2)cc1. The Kier molecular flexibility index (Phi) is 10.3. The van der Waals surface area contributed by atoms with Crippen LogP contribution >= 0.6 is 0 Å². The Bertz CT molecular complexity index is 1620. The number of nitrogens with zero attached hydrogens (tertiary/aromatic N) is 3. The third-order valence-electron chi connectivity index (χ3n) is 8.08. The van der Waals surface area contributed by atoms with E-state index in [9.17, 15) is 28.1 Å². The number of hydrogen-bond donors (Lipinski definition) is 1. The molecule has 2 amide bonds. The van der Waals surface area contributed by atoms with Gasteiger partial charge in [-0.25, -0.2) is 8.42 Å². The van der Waals surface area contributed by atoms with Crippen molar-refractivity contribution in [1.82, 2.24) is 10.2 Å². The number of nitro benzene ring substituents is 1. The van der Waals surface area contributed by atoms with Gasteiger partial charge in [0.1, 0.15) is 18.3 Å². The van der Waals surface area contributed by atoms with Crippen molar-refractivity contribution in [3.63, 3.8) is 0 Å². The van der Waals surface area contributed by atoms with Gasteiger partial charge in [-0.2, -0.15) is 0 Å². The van der Waals surface area contributed by atoms with Crippen LogP contribution in [0.25, 0.3) is 0 Å². The molecule has 4 rings (SSSR count). The van der Waals surface area contributed by atoms with Crippen LogP contribution in [0, 0.1) is 24.0 Å². The van der Waals surface area contributed by atoms with Gasteiger partial charge in [-0.3, -0.25) is 24.0 Å². The molecular weight excluding hydrogens is 584 g/mol. The van der Waals surface area contributed by atoms with Gasteiger partial charge in [0.2, 0.25) is 11.8 Å². The average Bonchev–Trinajstić information content (AvgIpc) is 3.52. The lowest BCUT2D eigenvalue weighted by molar-refractivity contribution is -0.385. The maximum atomic E-state index is 14.2. The van der Waals surface area contributed by atoms with Gasteiger partial charge >= 0.3 is 0 Å². The molecule has 44 heavy (non-hydrogen) atoms. The fourth-order valence-corrected chi connectivity index (χ4v) is 6.73. The van der Waals surface area contributed by atoms with Crippen molar-refractivity contribution in [2.24, 2.45) is 0 Å². The van der Waals surface area contributed by atoms with Gasteiger partial charge in [0, 0.05) is 24.2 Å². The maximum absolute atomic E-state index is 14.2. The number of ether oxygens (including phenoxy) is 1. The molecule has 1 aliphatic carbocycles.